The monoisotopic (exact) mass is 389 g/mol. The summed E-state index contributed by atoms with van der Waals surface area (Å²) < 4.78 is 38.7. The van der Waals surface area contributed by atoms with Gasteiger partial charge in [0, 0.05) is 11.1 Å². The highest BCUT2D eigenvalue weighted by atomic mass is 19.4. The third kappa shape index (κ3) is 2.70. The van der Waals surface area contributed by atoms with Crippen LogP contribution in [0.2, 0.25) is 0 Å². The van der Waals surface area contributed by atoms with Crippen molar-refractivity contribution in [1.29, 1.82) is 0 Å². The van der Waals surface area contributed by atoms with Crippen molar-refractivity contribution in [3.63, 3.8) is 0 Å². The molecule has 0 saturated carbocycles. The first-order valence-electron chi connectivity index (χ1n) is 9.08. The molecule has 5 rings (SSSR count). The molecule has 2 nitrogen and oxygen atoms in total. The van der Waals surface area contributed by atoms with Gasteiger partial charge in [-0.25, -0.2) is 0 Å². The number of nitrogens with zero attached hydrogens (tertiary/aromatic N) is 1. The van der Waals surface area contributed by atoms with Gasteiger partial charge in [-0.3, -0.25) is 9.69 Å². The molecule has 0 atom stereocenters. The van der Waals surface area contributed by atoms with E-state index < -0.39 is 11.7 Å². The van der Waals surface area contributed by atoms with Gasteiger partial charge in [-0.1, -0.05) is 48.5 Å². The van der Waals surface area contributed by atoms with Crippen molar-refractivity contribution >= 4 is 28.1 Å². The number of alkyl halides is 3. The van der Waals surface area contributed by atoms with E-state index in [9.17, 15) is 18.0 Å². The fourth-order valence-corrected chi connectivity index (χ4v) is 3.91. The molecule has 0 saturated heterocycles. The Labute approximate surface area is 164 Å². The third-order valence-electron chi connectivity index (χ3n) is 5.23. The summed E-state index contributed by atoms with van der Waals surface area (Å²) >= 11 is 0. The van der Waals surface area contributed by atoms with Gasteiger partial charge < -0.3 is 0 Å². The Morgan fingerprint density at radius 2 is 1.41 bits per heavy atom. The minimum Gasteiger partial charge on any atom is -0.276 e. The second-order valence-corrected chi connectivity index (χ2v) is 6.91. The first-order chi connectivity index (χ1) is 13.9. The molecule has 4 aromatic rings. The van der Waals surface area contributed by atoms with Crippen molar-refractivity contribution in [3.8, 4) is 11.1 Å². The lowest BCUT2D eigenvalue weighted by atomic mass is 9.96. The van der Waals surface area contributed by atoms with Gasteiger partial charge in [0.05, 0.1) is 16.8 Å². The Morgan fingerprint density at radius 3 is 2.10 bits per heavy atom. The molecular formula is C24H14F3NO. The Hall–Kier alpha value is -3.60. The van der Waals surface area contributed by atoms with Gasteiger partial charge in [-0.05, 0) is 52.9 Å². The first-order valence-corrected chi connectivity index (χ1v) is 9.08. The van der Waals surface area contributed by atoms with Crippen LogP contribution in [0.4, 0.5) is 24.5 Å². The predicted molar refractivity (Wildman–Crippen MR) is 107 cm³/mol. The molecule has 0 bridgehead atoms. The van der Waals surface area contributed by atoms with Crippen LogP contribution in [0.3, 0.4) is 0 Å². The number of carbonyl (C=O) groups is 1. The molecule has 5 heteroatoms. The topological polar surface area (TPSA) is 20.3 Å². The van der Waals surface area contributed by atoms with E-state index in [-0.39, 0.29) is 5.91 Å². The van der Waals surface area contributed by atoms with Gasteiger partial charge in [0.15, 0.2) is 0 Å². The molecule has 0 spiro atoms. The Balaban J connectivity index is 1.68. The van der Waals surface area contributed by atoms with Crippen molar-refractivity contribution in [2.24, 2.45) is 0 Å². The van der Waals surface area contributed by atoms with Crippen molar-refractivity contribution in [3.05, 3.63) is 96.1 Å². The molecule has 1 heterocycles. The average Bonchev–Trinajstić information content (AvgIpc) is 3.02. The molecule has 0 N–H and O–H groups in total. The summed E-state index contributed by atoms with van der Waals surface area (Å²) in [5.41, 5.74) is 2.95. The Morgan fingerprint density at radius 1 is 0.690 bits per heavy atom. The van der Waals surface area contributed by atoms with Gasteiger partial charge in [-0.15, -0.1) is 0 Å². The van der Waals surface area contributed by atoms with E-state index in [1.807, 2.05) is 54.6 Å². The van der Waals surface area contributed by atoms with Gasteiger partial charge in [-0.2, -0.15) is 13.2 Å². The van der Waals surface area contributed by atoms with E-state index in [1.54, 1.807) is 6.07 Å². The standard InChI is InChI=1S/C24H14F3NO/c25-24(26,27)16-9-11-17(12-10-16)28-21-14-13-18(15-5-2-1-3-6-15)19-7-4-8-20(22(19)21)23(28)29/h1-14H. The Kier molecular flexibility index (Phi) is 3.74. The van der Waals surface area contributed by atoms with Crippen LogP contribution in [-0.4, -0.2) is 5.91 Å². The van der Waals surface area contributed by atoms with Crippen LogP contribution in [0.1, 0.15) is 15.9 Å². The first kappa shape index (κ1) is 17.5. The smallest absolute Gasteiger partial charge is 0.276 e. The van der Waals surface area contributed by atoms with Gasteiger partial charge in [0.2, 0.25) is 0 Å². The Bertz CT molecular complexity index is 1250. The van der Waals surface area contributed by atoms with Gasteiger partial charge >= 0.3 is 6.18 Å². The summed E-state index contributed by atoms with van der Waals surface area (Å²) in [5, 5.41) is 1.76. The van der Waals surface area contributed by atoms with E-state index in [0.29, 0.717) is 16.9 Å². The fourth-order valence-electron chi connectivity index (χ4n) is 3.91. The minimum absolute atomic E-state index is 0.240. The molecule has 29 heavy (non-hydrogen) atoms. The number of hydrogen-bond acceptors (Lipinski definition) is 1. The maximum Gasteiger partial charge on any atom is 0.416 e. The molecule has 0 aromatic heterocycles. The zero-order valence-corrected chi connectivity index (χ0v) is 15.1. The molecule has 4 aromatic carbocycles. The van der Waals surface area contributed by atoms with Crippen LogP contribution in [0.25, 0.3) is 21.9 Å². The maximum atomic E-state index is 13.1. The van der Waals surface area contributed by atoms with Crippen LogP contribution in [0.15, 0.2) is 84.9 Å². The molecule has 1 amide bonds. The normalized spacial score (nSPS) is 13.3. The SMILES string of the molecule is O=C1c2cccc3c(-c4ccccc4)ccc(c23)N1c1ccc(C(F)(F)F)cc1. The number of hydrogen-bond donors (Lipinski definition) is 0. The van der Waals surface area contributed by atoms with Crippen LogP contribution in [-0.2, 0) is 6.18 Å². The lowest BCUT2D eigenvalue weighted by Crippen LogP contribution is -2.21. The number of rotatable bonds is 2. The van der Waals surface area contributed by atoms with Crippen LogP contribution in [0, 0.1) is 0 Å². The summed E-state index contributed by atoms with van der Waals surface area (Å²) in [4.78, 5) is 14.6. The molecule has 142 valence electrons. The lowest BCUT2D eigenvalue weighted by Gasteiger charge is -2.19. The number of halogens is 3. The molecule has 0 radical (unpaired) electrons. The second kappa shape index (κ2) is 6.21. The van der Waals surface area contributed by atoms with Gasteiger partial charge in [0.25, 0.3) is 5.91 Å². The van der Waals surface area contributed by atoms with E-state index >= 15 is 0 Å². The predicted octanol–water partition coefficient (Wildman–Crippen LogP) is 6.82. The molecule has 0 fully saturated rings. The number of carbonyl (C=O) groups excluding carboxylic acids is 1. The molecule has 1 aliphatic rings. The highest BCUT2D eigenvalue weighted by Gasteiger charge is 2.33. The van der Waals surface area contributed by atoms with E-state index in [1.165, 1.54) is 17.0 Å². The minimum atomic E-state index is -4.42. The molecule has 1 aliphatic heterocycles. The van der Waals surface area contributed by atoms with E-state index in [2.05, 4.69) is 0 Å². The van der Waals surface area contributed by atoms with Gasteiger partial charge in [0.1, 0.15) is 0 Å². The molecular weight excluding hydrogens is 375 g/mol. The highest BCUT2D eigenvalue weighted by molar-refractivity contribution is 6.29. The van der Waals surface area contributed by atoms with Crippen LogP contribution in [0.5, 0.6) is 0 Å². The molecule has 0 aliphatic carbocycles. The van der Waals surface area contributed by atoms with Crippen LogP contribution >= 0.6 is 0 Å². The zero-order valence-electron chi connectivity index (χ0n) is 15.1. The fraction of sp³-hybridized carbons (Fsp3) is 0.0417. The molecule has 0 unspecified atom stereocenters. The second-order valence-electron chi connectivity index (χ2n) is 6.91. The van der Waals surface area contributed by atoms with Crippen molar-refractivity contribution in [2.45, 2.75) is 6.18 Å². The third-order valence-corrected chi connectivity index (χ3v) is 5.23. The summed E-state index contributed by atoms with van der Waals surface area (Å²) in [6.45, 7) is 0. The van der Waals surface area contributed by atoms with Crippen LogP contribution < -0.4 is 4.90 Å². The zero-order chi connectivity index (χ0) is 20.2. The number of amides is 1. The number of benzene rings is 4. The summed E-state index contributed by atoms with van der Waals surface area (Å²) in [6.07, 6.45) is -4.42. The number of anilines is 2. The average molecular weight is 389 g/mol. The van der Waals surface area contributed by atoms with E-state index in [4.69, 9.17) is 0 Å². The summed E-state index contributed by atoms with van der Waals surface area (Å²) in [7, 11) is 0. The van der Waals surface area contributed by atoms with Crippen molar-refractivity contribution < 1.29 is 18.0 Å². The largest absolute Gasteiger partial charge is 0.416 e. The summed E-state index contributed by atoms with van der Waals surface area (Å²) in [6, 6.07) is 23.9. The highest BCUT2D eigenvalue weighted by Crippen LogP contribution is 2.45. The quantitative estimate of drug-likeness (QED) is 0.368. The van der Waals surface area contributed by atoms with Crippen molar-refractivity contribution in [2.75, 3.05) is 4.90 Å². The lowest BCUT2D eigenvalue weighted by molar-refractivity contribution is -0.137. The maximum absolute atomic E-state index is 13.1. The van der Waals surface area contributed by atoms with E-state index in [0.717, 1.165) is 34.0 Å². The summed E-state index contributed by atoms with van der Waals surface area (Å²) in [5.74, 6) is -0.240. The van der Waals surface area contributed by atoms with Crippen molar-refractivity contribution in [1.82, 2.24) is 0 Å².